The molecule has 0 spiro atoms. The molecule has 0 radical (unpaired) electrons. The highest BCUT2D eigenvalue weighted by Gasteiger charge is 2.41. The normalized spacial score (nSPS) is 17.3. The number of phenols is 1. The van der Waals surface area contributed by atoms with E-state index < -0.39 is 0 Å². The Labute approximate surface area is 93.3 Å². The molecule has 1 aromatic heterocycles. The van der Waals surface area contributed by atoms with Crippen LogP contribution in [0.1, 0.15) is 18.4 Å². The Morgan fingerprint density at radius 2 is 2.19 bits per heavy atom. The molecule has 0 bridgehead atoms. The SMILES string of the molecule is NC1(c2cnn(-c3cccc(O)c3)c2)CC1. The molecule has 0 unspecified atom stereocenters. The van der Waals surface area contributed by atoms with Gasteiger partial charge in [0.25, 0.3) is 0 Å². The molecule has 1 aliphatic carbocycles. The second kappa shape index (κ2) is 3.09. The lowest BCUT2D eigenvalue weighted by Crippen LogP contribution is -2.17. The van der Waals surface area contributed by atoms with E-state index in [9.17, 15) is 5.11 Å². The first kappa shape index (κ1) is 9.42. The number of nitrogens with two attached hydrogens (primary N) is 1. The molecule has 4 heteroatoms. The quantitative estimate of drug-likeness (QED) is 0.798. The van der Waals surface area contributed by atoms with E-state index in [0.717, 1.165) is 24.1 Å². The van der Waals surface area contributed by atoms with Gasteiger partial charge in [-0.25, -0.2) is 4.68 Å². The fraction of sp³-hybridized carbons (Fsp3) is 0.250. The van der Waals surface area contributed by atoms with Gasteiger partial charge in [0.05, 0.1) is 11.9 Å². The third kappa shape index (κ3) is 1.47. The van der Waals surface area contributed by atoms with E-state index in [-0.39, 0.29) is 11.3 Å². The molecule has 82 valence electrons. The van der Waals surface area contributed by atoms with Crippen molar-refractivity contribution in [3.8, 4) is 11.4 Å². The zero-order valence-electron chi connectivity index (χ0n) is 8.80. The molecule has 2 aromatic rings. The first-order valence-electron chi connectivity index (χ1n) is 5.31. The van der Waals surface area contributed by atoms with Gasteiger partial charge in [0, 0.05) is 23.4 Å². The van der Waals surface area contributed by atoms with Crippen molar-refractivity contribution in [1.29, 1.82) is 0 Å². The summed E-state index contributed by atoms with van der Waals surface area (Å²) in [6.07, 6.45) is 5.79. The van der Waals surface area contributed by atoms with E-state index in [0.29, 0.717) is 0 Å². The summed E-state index contributed by atoms with van der Waals surface area (Å²) in [6.45, 7) is 0. The molecule has 1 heterocycles. The lowest BCUT2D eigenvalue weighted by molar-refractivity contribution is 0.475. The van der Waals surface area contributed by atoms with E-state index in [1.54, 1.807) is 29.1 Å². The Morgan fingerprint density at radius 1 is 1.38 bits per heavy atom. The average Bonchev–Trinajstić information content (AvgIpc) is 2.83. The van der Waals surface area contributed by atoms with Crippen LogP contribution in [0.5, 0.6) is 5.75 Å². The molecule has 1 aromatic carbocycles. The minimum absolute atomic E-state index is 0.158. The molecule has 0 saturated heterocycles. The molecular formula is C12H13N3O. The van der Waals surface area contributed by atoms with Gasteiger partial charge >= 0.3 is 0 Å². The van der Waals surface area contributed by atoms with Crippen LogP contribution in [0.2, 0.25) is 0 Å². The third-order valence-corrected chi connectivity index (χ3v) is 3.04. The van der Waals surface area contributed by atoms with E-state index in [2.05, 4.69) is 5.10 Å². The van der Waals surface area contributed by atoms with Crippen LogP contribution in [-0.4, -0.2) is 14.9 Å². The van der Waals surface area contributed by atoms with Crippen LogP contribution in [0.15, 0.2) is 36.7 Å². The number of hydrogen-bond donors (Lipinski definition) is 2. The van der Waals surface area contributed by atoms with Crippen molar-refractivity contribution < 1.29 is 5.11 Å². The molecule has 0 aliphatic heterocycles. The summed E-state index contributed by atoms with van der Waals surface area (Å²) in [4.78, 5) is 0. The highest BCUT2D eigenvalue weighted by molar-refractivity contribution is 5.39. The minimum atomic E-state index is -0.158. The zero-order valence-corrected chi connectivity index (χ0v) is 8.80. The number of hydrogen-bond acceptors (Lipinski definition) is 3. The summed E-state index contributed by atoms with van der Waals surface area (Å²) in [5, 5.41) is 13.6. The lowest BCUT2D eigenvalue weighted by Gasteiger charge is -2.04. The van der Waals surface area contributed by atoms with Gasteiger partial charge in [-0.05, 0) is 25.0 Å². The lowest BCUT2D eigenvalue weighted by atomic mass is 10.1. The topological polar surface area (TPSA) is 64.1 Å². The molecule has 4 nitrogen and oxygen atoms in total. The first-order chi connectivity index (χ1) is 7.67. The molecule has 3 rings (SSSR count). The average molecular weight is 215 g/mol. The van der Waals surface area contributed by atoms with Crippen molar-refractivity contribution in [3.05, 3.63) is 42.2 Å². The molecule has 0 amide bonds. The largest absolute Gasteiger partial charge is 0.508 e. The molecule has 1 aliphatic rings. The minimum Gasteiger partial charge on any atom is -0.508 e. The maximum Gasteiger partial charge on any atom is 0.117 e. The van der Waals surface area contributed by atoms with Crippen LogP contribution in [-0.2, 0) is 5.54 Å². The van der Waals surface area contributed by atoms with Gasteiger partial charge in [-0.15, -0.1) is 0 Å². The number of benzene rings is 1. The summed E-state index contributed by atoms with van der Waals surface area (Å²) in [5.41, 5.74) is 7.84. The number of phenolic OH excluding ortho intramolecular Hbond substituents is 1. The highest BCUT2D eigenvalue weighted by Crippen LogP contribution is 2.42. The standard InChI is InChI=1S/C12H13N3O/c13-12(4-5-12)9-7-14-15(8-9)10-2-1-3-11(16)6-10/h1-3,6-8,16H,4-5,13H2. The molecular weight excluding hydrogens is 202 g/mol. The van der Waals surface area contributed by atoms with Crippen LogP contribution in [0.3, 0.4) is 0 Å². The maximum absolute atomic E-state index is 9.39. The Kier molecular flexibility index (Phi) is 1.82. The molecule has 3 N–H and O–H groups in total. The van der Waals surface area contributed by atoms with Gasteiger partial charge in [-0.2, -0.15) is 5.10 Å². The van der Waals surface area contributed by atoms with Crippen molar-refractivity contribution in [2.45, 2.75) is 18.4 Å². The van der Waals surface area contributed by atoms with Crippen LogP contribution >= 0.6 is 0 Å². The summed E-state index contributed by atoms with van der Waals surface area (Å²) >= 11 is 0. The maximum atomic E-state index is 9.39. The molecule has 0 atom stereocenters. The predicted octanol–water partition coefficient (Wildman–Crippen LogP) is 1.53. The van der Waals surface area contributed by atoms with Gasteiger partial charge in [0.2, 0.25) is 0 Å². The molecule has 1 saturated carbocycles. The van der Waals surface area contributed by atoms with E-state index in [4.69, 9.17) is 5.73 Å². The zero-order chi connectivity index (χ0) is 11.2. The smallest absolute Gasteiger partial charge is 0.117 e. The van der Waals surface area contributed by atoms with Crippen molar-refractivity contribution in [3.63, 3.8) is 0 Å². The second-order valence-electron chi connectivity index (χ2n) is 4.35. The Hall–Kier alpha value is -1.81. The van der Waals surface area contributed by atoms with Gasteiger partial charge in [0.15, 0.2) is 0 Å². The van der Waals surface area contributed by atoms with Crippen LogP contribution in [0, 0.1) is 0 Å². The monoisotopic (exact) mass is 215 g/mol. The van der Waals surface area contributed by atoms with Gasteiger partial charge in [-0.1, -0.05) is 6.07 Å². The predicted molar refractivity (Wildman–Crippen MR) is 60.3 cm³/mol. The highest BCUT2D eigenvalue weighted by atomic mass is 16.3. The fourth-order valence-corrected chi connectivity index (χ4v) is 1.78. The molecule has 1 fully saturated rings. The van der Waals surface area contributed by atoms with E-state index >= 15 is 0 Å². The summed E-state index contributed by atoms with van der Waals surface area (Å²) < 4.78 is 1.74. The van der Waals surface area contributed by atoms with Gasteiger partial charge in [-0.3, -0.25) is 0 Å². The van der Waals surface area contributed by atoms with Crippen molar-refractivity contribution in [1.82, 2.24) is 9.78 Å². The van der Waals surface area contributed by atoms with Crippen LogP contribution in [0.25, 0.3) is 5.69 Å². The Balaban J connectivity index is 1.98. The third-order valence-electron chi connectivity index (χ3n) is 3.04. The van der Waals surface area contributed by atoms with E-state index in [1.807, 2.05) is 12.3 Å². The first-order valence-corrected chi connectivity index (χ1v) is 5.31. The van der Waals surface area contributed by atoms with Crippen molar-refractivity contribution >= 4 is 0 Å². The summed E-state index contributed by atoms with van der Waals surface area (Å²) in [5.74, 6) is 0.239. The number of aromatic nitrogens is 2. The van der Waals surface area contributed by atoms with Crippen LogP contribution in [0.4, 0.5) is 0 Å². The van der Waals surface area contributed by atoms with Gasteiger partial charge < -0.3 is 10.8 Å². The Bertz CT molecular complexity index is 529. The van der Waals surface area contributed by atoms with Crippen molar-refractivity contribution in [2.24, 2.45) is 5.73 Å². The van der Waals surface area contributed by atoms with Crippen LogP contribution < -0.4 is 5.73 Å². The van der Waals surface area contributed by atoms with E-state index in [1.165, 1.54) is 0 Å². The number of aromatic hydroxyl groups is 1. The number of rotatable bonds is 2. The number of nitrogens with zero attached hydrogens (tertiary/aromatic N) is 2. The summed E-state index contributed by atoms with van der Waals surface area (Å²) in [7, 11) is 0. The summed E-state index contributed by atoms with van der Waals surface area (Å²) in [6, 6.07) is 7.00. The van der Waals surface area contributed by atoms with Crippen molar-refractivity contribution in [2.75, 3.05) is 0 Å². The fourth-order valence-electron chi connectivity index (χ4n) is 1.78. The van der Waals surface area contributed by atoms with Gasteiger partial charge in [0.1, 0.15) is 5.75 Å². The second-order valence-corrected chi connectivity index (χ2v) is 4.35. The molecule has 16 heavy (non-hydrogen) atoms. The Morgan fingerprint density at radius 3 is 2.88 bits per heavy atom.